The zero-order valence-electron chi connectivity index (χ0n) is 18.6. The van der Waals surface area contributed by atoms with Crippen LogP contribution in [0.25, 0.3) is 10.9 Å². The highest BCUT2D eigenvalue weighted by molar-refractivity contribution is 7.80. The predicted octanol–water partition coefficient (Wildman–Crippen LogP) is 5.35. The summed E-state index contributed by atoms with van der Waals surface area (Å²) in [6, 6.07) is 16.5. The third-order valence-corrected chi connectivity index (χ3v) is 6.83. The van der Waals surface area contributed by atoms with Crippen LogP contribution in [0.15, 0.2) is 66.1 Å². The fraction of sp³-hybridized carbons (Fsp3) is 0.269. The van der Waals surface area contributed by atoms with E-state index in [4.69, 9.17) is 22.2 Å². The molecule has 1 aliphatic rings. The molecular weight excluding hydrogens is 416 g/mol. The Morgan fingerprint density at radius 1 is 1.16 bits per heavy atom. The first kappa shape index (κ1) is 20.6. The van der Waals surface area contributed by atoms with Crippen LogP contribution in [-0.2, 0) is 24.9 Å². The van der Waals surface area contributed by atoms with Gasteiger partial charge in [0.05, 0.1) is 5.71 Å². The zero-order valence-corrected chi connectivity index (χ0v) is 19.4. The highest BCUT2D eigenvalue weighted by Gasteiger charge is 2.31. The van der Waals surface area contributed by atoms with Gasteiger partial charge in [0.15, 0.2) is 0 Å². The maximum Gasteiger partial charge on any atom is 0.228 e. The van der Waals surface area contributed by atoms with Crippen LogP contribution in [0.2, 0.25) is 0 Å². The number of rotatable bonds is 4. The van der Waals surface area contributed by atoms with Crippen LogP contribution >= 0.6 is 12.2 Å². The van der Waals surface area contributed by atoms with Crippen LogP contribution in [-0.4, -0.2) is 24.9 Å². The molecule has 0 N–H and O–H groups in total. The van der Waals surface area contributed by atoms with Crippen molar-refractivity contribution in [3.63, 3.8) is 0 Å². The number of aryl methyl sites for hydroxylation is 3. The van der Waals surface area contributed by atoms with Gasteiger partial charge in [-0.15, -0.1) is 0 Å². The number of nitrogens with zero attached hydrogens (tertiary/aromatic N) is 4. The first-order valence-electron chi connectivity index (χ1n) is 10.9. The van der Waals surface area contributed by atoms with Gasteiger partial charge in [-0.05, 0) is 56.6 Å². The third kappa shape index (κ3) is 3.54. The van der Waals surface area contributed by atoms with E-state index in [1.165, 1.54) is 22.2 Å². The SMILES string of the molecule is Cc1ccccc1C(=S)ON=C1c2c(n(C)c3ccccc23)CCC1Cn1ccnc1C. The third-order valence-electron chi connectivity index (χ3n) is 6.53. The van der Waals surface area contributed by atoms with Crippen molar-refractivity contribution in [1.82, 2.24) is 14.1 Å². The molecule has 162 valence electrons. The number of benzene rings is 2. The normalized spacial score (nSPS) is 17.0. The Bertz CT molecular complexity index is 1350. The molecular formula is C26H26N4OS. The van der Waals surface area contributed by atoms with Gasteiger partial charge in [0, 0.05) is 59.6 Å². The fourth-order valence-electron chi connectivity index (χ4n) is 4.75. The van der Waals surface area contributed by atoms with Crippen molar-refractivity contribution < 1.29 is 4.84 Å². The summed E-state index contributed by atoms with van der Waals surface area (Å²) < 4.78 is 4.48. The molecule has 1 aliphatic carbocycles. The minimum absolute atomic E-state index is 0.209. The second kappa shape index (κ2) is 8.36. The smallest absolute Gasteiger partial charge is 0.228 e. The highest BCUT2D eigenvalue weighted by Crippen LogP contribution is 2.35. The maximum atomic E-state index is 5.93. The molecule has 1 unspecified atom stereocenters. The molecule has 32 heavy (non-hydrogen) atoms. The number of aromatic nitrogens is 3. The summed E-state index contributed by atoms with van der Waals surface area (Å²) in [5.41, 5.74) is 6.65. The van der Waals surface area contributed by atoms with Crippen LogP contribution in [0, 0.1) is 19.8 Å². The Morgan fingerprint density at radius 2 is 1.94 bits per heavy atom. The van der Waals surface area contributed by atoms with E-state index in [0.717, 1.165) is 42.0 Å². The largest absolute Gasteiger partial charge is 0.347 e. The Kier molecular flexibility index (Phi) is 5.39. The molecule has 2 aromatic heterocycles. The monoisotopic (exact) mass is 442 g/mol. The van der Waals surface area contributed by atoms with Crippen molar-refractivity contribution >= 4 is 33.9 Å². The van der Waals surface area contributed by atoms with E-state index in [-0.39, 0.29) is 5.92 Å². The van der Waals surface area contributed by atoms with E-state index in [9.17, 15) is 0 Å². The molecule has 1 atom stereocenters. The Hall–Kier alpha value is -3.25. The maximum absolute atomic E-state index is 5.93. The number of hydrogen-bond acceptors (Lipinski definition) is 4. The summed E-state index contributed by atoms with van der Waals surface area (Å²) in [6.07, 6.45) is 5.88. The van der Waals surface area contributed by atoms with Gasteiger partial charge in [-0.3, -0.25) is 0 Å². The van der Waals surface area contributed by atoms with E-state index < -0.39 is 0 Å². The summed E-state index contributed by atoms with van der Waals surface area (Å²) in [7, 11) is 2.14. The minimum Gasteiger partial charge on any atom is -0.347 e. The van der Waals surface area contributed by atoms with Crippen molar-refractivity contribution in [1.29, 1.82) is 0 Å². The molecule has 0 fully saturated rings. The molecule has 5 nitrogen and oxygen atoms in total. The van der Waals surface area contributed by atoms with Crippen molar-refractivity contribution in [3.8, 4) is 0 Å². The van der Waals surface area contributed by atoms with Crippen LogP contribution in [0.3, 0.4) is 0 Å². The number of para-hydroxylation sites is 1. The molecule has 0 spiro atoms. The Morgan fingerprint density at radius 3 is 2.72 bits per heavy atom. The summed E-state index contributed by atoms with van der Waals surface area (Å²) in [5.74, 6) is 1.21. The Labute approximate surface area is 193 Å². The topological polar surface area (TPSA) is 44.3 Å². The molecule has 4 aromatic rings. The Balaban J connectivity index is 1.58. The molecule has 5 rings (SSSR count). The number of fused-ring (bicyclic) bond motifs is 3. The van der Waals surface area contributed by atoms with Gasteiger partial charge < -0.3 is 14.0 Å². The number of thiocarbonyl (C=S) groups is 1. The number of hydrogen-bond donors (Lipinski definition) is 0. The van der Waals surface area contributed by atoms with Gasteiger partial charge >= 0.3 is 0 Å². The van der Waals surface area contributed by atoms with Gasteiger partial charge in [0.2, 0.25) is 5.05 Å². The van der Waals surface area contributed by atoms with Crippen molar-refractivity contribution in [2.75, 3.05) is 0 Å². The molecule has 0 saturated heterocycles. The first-order valence-corrected chi connectivity index (χ1v) is 11.3. The average molecular weight is 443 g/mol. The van der Waals surface area contributed by atoms with E-state index in [2.05, 4.69) is 45.4 Å². The van der Waals surface area contributed by atoms with Gasteiger partial charge in [-0.25, -0.2) is 4.98 Å². The molecule has 0 amide bonds. The summed E-state index contributed by atoms with van der Waals surface area (Å²) in [5, 5.41) is 6.34. The number of imidazole rings is 1. The molecule has 6 heteroatoms. The molecule has 2 aromatic carbocycles. The van der Waals surface area contributed by atoms with E-state index >= 15 is 0 Å². The van der Waals surface area contributed by atoms with Crippen molar-refractivity contribution in [2.45, 2.75) is 33.2 Å². The predicted molar refractivity (Wildman–Crippen MR) is 132 cm³/mol. The first-order chi connectivity index (χ1) is 15.5. The summed E-state index contributed by atoms with van der Waals surface area (Å²) >= 11 is 5.60. The van der Waals surface area contributed by atoms with Crippen molar-refractivity contribution in [3.05, 3.63) is 89.1 Å². The summed E-state index contributed by atoms with van der Waals surface area (Å²) in [4.78, 5) is 10.3. The van der Waals surface area contributed by atoms with Crippen molar-refractivity contribution in [2.24, 2.45) is 18.1 Å². The minimum atomic E-state index is 0.209. The number of oxime groups is 1. The second-order valence-electron chi connectivity index (χ2n) is 8.43. The van der Waals surface area contributed by atoms with Gasteiger partial charge in [-0.2, -0.15) is 0 Å². The van der Waals surface area contributed by atoms with E-state index in [1.807, 2.05) is 50.5 Å². The molecule has 0 radical (unpaired) electrons. The fourth-order valence-corrected chi connectivity index (χ4v) is 5.02. The molecule has 0 bridgehead atoms. The zero-order chi connectivity index (χ0) is 22.2. The lowest BCUT2D eigenvalue weighted by molar-refractivity contribution is 0.330. The van der Waals surface area contributed by atoms with Crippen LogP contribution in [0.5, 0.6) is 0 Å². The summed E-state index contributed by atoms with van der Waals surface area (Å²) in [6.45, 7) is 4.88. The quantitative estimate of drug-likeness (QED) is 0.316. The standard InChI is InChI=1S/C26H26N4OS/c1-17-8-4-5-9-20(17)26(32)31-28-25-19(16-30-15-14-27-18(30)2)12-13-23-24(25)21-10-6-7-11-22(21)29(23)3/h4-11,14-15,19H,12-13,16H2,1-3H3. The van der Waals surface area contributed by atoms with E-state index in [0.29, 0.717) is 5.05 Å². The van der Waals surface area contributed by atoms with E-state index in [1.54, 1.807) is 0 Å². The van der Waals surface area contributed by atoms with Crippen LogP contribution < -0.4 is 0 Å². The van der Waals surface area contributed by atoms with Gasteiger partial charge in [0.25, 0.3) is 0 Å². The van der Waals surface area contributed by atoms with Crippen LogP contribution in [0.1, 0.15) is 34.6 Å². The molecule has 2 heterocycles. The van der Waals surface area contributed by atoms with Gasteiger partial charge in [-0.1, -0.05) is 41.6 Å². The lowest BCUT2D eigenvalue weighted by Gasteiger charge is -2.26. The average Bonchev–Trinajstić information content (AvgIpc) is 3.34. The second-order valence-corrected chi connectivity index (χ2v) is 8.80. The highest BCUT2D eigenvalue weighted by atomic mass is 32.1. The molecule has 0 aliphatic heterocycles. The van der Waals surface area contributed by atoms with Gasteiger partial charge in [0.1, 0.15) is 5.82 Å². The molecule has 0 saturated carbocycles. The van der Waals surface area contributed by atoms with Crippen LogP contribution in [0.4, 0.5) is 0 Å². The lowest BCUT2D eigenvalue weighted by atomic mass is 9.84. The lowest BCUT2D eigenvalue weighted by Crippen LogP contribution is -2.28.